The van der Waals surface area contributed by atoms with E-state index in [1.165, 1.54) is 4.91 Å². The summed E-state index contributed by atoms with van der Waals surface area (Å²) in [4.78, 5) is 2.23. The van der Waals surface area contributed by atoms with Crippen molar-refractivity contribution in [1.29, 1.82) is 10.5 Å². The molecule has 0 radical (unpaired) electrons. The molecule has 16 heavy (non-hydrogen) atoms. The Kier molecular flexibility index (Phi) is 3.56. The molecule has 78 valence electrons. The molecule has 0 fully saturated rings. The molecule has 2 rings (SSSR count). The third kappa shape index (κ3) is 2.09. The molecule has 2 nitrogen and oxygen atoms in total. The van der Waals surface area contributed by atoms with Gasteiger partial charge >= 0.3 is 0 Å². The van der Waals surface area contributed by atoms with E-state index in [0.29, 0.717) is 0 Å². The minimum Gasteiger partial charge on any atom is -0.192 e. The molecular weight excluding hydrogens is 236 g/mol. The van der Waals surface area contributed by atoms with Gasteiger partial charge in [-0.3, -0.25) is 0 Å². The van der Waals surface area contributed by atoms with Gasteiger partial charge in [0, 0.05) is 26.9 Å². The molecule has 0 saturated carbocycles. The summed E-state index contributed by atoms with van der Waals surface area (Å²) in [5, 5.41) is 17.9. The van der Waals surface area contributed by atoms with Crippen LogP contribution in [-0.4, -0.2) is 11.5 Å². The highest BCUT2D eigenvalue weighted by atomic mass is 32.2. The van der Waals surface area contributed by atoms with Gasteiger partial charge in [0.25, 0.3) is 0 Å². The Bertz CT molecular complexity index is 494. The van der Waals surface area contributed by atoms with Crippen LogP contribution in [0.4, 0.5) is 0 Å². The summed E-state index contributed by atoms with van der Waals surface area (Å²) in [7, 11) is 0. The molecule has 0 unspecified atom stereocenters. The largest absolute Gasteiger partial charge is 0.192 e. The predicted molar refractivity (Wildman–Crippen MR) is 68.5 cm³/mol. The van der Waals surface area contributed by atoms with Gasteiger partial charge in [-0.25, -0.2) is 0 Å². The predicted octanol–water partition coefficient (Wildman–Crippen LogP) is 3.15. The van der Waals surface area contributed by atoms with Crippen molar-refractivity contribution in [3.8, 4) is 12.1 Å². The summed E-state index contributed by atoms with van der Waals surface area (Å²) < 4.78 is 0. The third-order valence-electron chi connectivity index (χ3n) is 2.17. The number of allylic oxidation sites excluding steroid dienone is 6. The number of nitrogens with zero attached hydrogens (tertiary/aromatic N) is 2. The van der Waals surface area contributed by atoms with Crippen LogP contribution in [-0.2, 0) is 0 Å². The maximum atomic E-state index is 8.94. The third-order valence-corrected chi connectivity index (χ3v) is 4.75. The zero-order valence-corrected chi connectivity index (χ0v) is 10.1. The summed E-state index contributed by atoms with van der Waals surface area (Å²) in [6, 6.07) is 3.93. The van der Waals surface area contributed by atoms with E-state index in [1.807, 2.05) is 36.4 Å². The molecule has 2 aliphatic rings. The number of thioether (sulfide) groups is 2. The van der Waals surface area contributed by atoms with Crippen LogP contribution in [0.15, 0.2) is 45.3 Å². The molecule has 1 heterocycles. The SMILES string of the molecule is N#CC(C#N)=C1C=CC=CC2=C1SCCS2. The smallest absolute Gasteiger partial charge is 0.138 e. The maximum absolute atomic E-state index is 8.94. The standard InChI is InChI=1S/C12H8N2S2/c13-7-9(8-14)10-3-1-2-4-11-12(10)16-6-5-15-11/h1-4H,5-6H2. The first-order chi connectivity index (χ1) is 7.86. The van der Waals surface area contributed by atoms with Gasteiger partial charge in [-0.15, -0.1) is 23.5 Å². The molecule has 0 saturated heterocycles. The first-order valence-corrected chi connectivity index (χ1v) is 6.73. The van der Waals surface area contributed by atoms with Crippen molar-refractivity contribution < 1.29 is 0 Å². The van der Waals surface area contributed by atoms with Crippen LogP contribution >= 0.6 is 23.5 Å². The van der Waals surface area contributed by atoms with Gasteiger partial charge in [0.2, 0.25) is 0 Å². The lowest BCUT2D eigenvalue weighted by atomic mass is 10.1. The van der Waals surface area contributed by atoms with Crippen molar-refractivity contribution in [1.82, 2.24) is 0 Å². The van der Waals surface area contributed by atoms with E-state index in [9.17, 15) is 0 Å². The molecule has 0 atom stereocenters. The van der Waals surface area contributed by atoms with Crippen molar-refractivity contribution in [2.45, 2.75) is 0 Å². The van der Waals surface area contributed by atoms with Gasteiger partial charge in [0.05, 0.1) is 0 Å². The highest BCUT2D eigenvalue weighted by molar-refractivity contribution is 8.10. The van der Waals surface area contributed by atoms with Crippen LogP contribution in [0, 0.1) is 22.7 Å². The van der Waals surface area contributed by atoms with Gasteiger partial charge in [0.1, 0.15) is 17.7 Å². The van der Waals surface area contributed by atoms with Gasteiger partial charge in [-0.2, -0.15) is 10.5 Å². The van der Waals surface area contributed by atoms with Gasteiger partial charge < -0.3 is 0 Å². The van der Waals surface area contributed by atoms with E-state index in [0.717, 1.165) is 22.0 Å². The fraction of sp³-hybridized carbons (Fsp3) is 0.167. The first-order valence-electron chi connectivity index (χ1n) is 4.76. The lowest BCUT2D eigenvalue weighted by molar-refractivity contribution is 1.43. The summed E-state index contributed by atoms with van der Waals surface area (Å²) in [5.41, 5.74) is 0.963. The van der Waals surface area contributed by atoms with Crippen molar-refractivity contribution in [2.24, 2.45) is 0 Å². The van der Waals surface area contributed by atoms with Crippen LogP contribution in [0.3, 0.4) is 0 Å². The highest BCUT2D eigenvalue weighted by Gasteiger charge is 2.18. The lowest BCUT2D eigenvalue weighted by Crippen LogP contribution is -1.99. The monoisotopic (exact) mass is 244 g/mol. The second kappa shape index (κ2) is 5.12. The number of hydrogen-bond acceptors (Lipinski definition) is 4. The fourth-order valence-corrected chi connectivity index (χ4v) is 3.88. The minimum absolute atomic E-state index is 0.197. The van der Waals surface area contributed by atoms with Crippen molar-refractivity contribution in [3.63, 3.8) is 0 Å². The van der Waals surface area contributed by atoms with Crippen LogP contribution in [0.25, 0.3) is 0 Å². The summed E-state index contributed by atoms with van der Waals surface area (Å²) in [6.45, 7) is 0. The Morgan fingerprint density at radius 1 is 1.06 bits per heavy atom. The molecule has 0 aromatic carbocycles. The Morgan fingerprint density at radius 3 is 2.50 bits per heavy atom. The molecular formula is C12H8N2S2. The Balaban J connectivity index is 2.59. The Morgan fingerprint density at radius 2 is 1.75 bits per heavy atom. The van der Waals surface area contributed by atoms with E-state index in [4.69, 9.17) is 10.5 Å². The molecule has 0 spiro atoms. The van der Waals surface area contributed by atoms with Gasteiger partial charge in [-0.1, -0.05) is 18.2 Å². The quantitative estimate of drug-likeness (QED) is 0.614. The molecule has 0 bridgehead atoms. The van der Waals surface area contributed by atoms with Crippen molar-refractivity contribution >= 4 is 23.5 Å². The van der Waals surface area contributed by atoms with Crippen molar-refractivity contribution in [2.75, 3.05) is 11.5 Å². The molecule has 0 amide bonds. The summed E-state index contributed by atoms with van der Waals surface area (Å²) >= 11 is 3.51. The Hall–Kier alpha value is -1.36. The average molecular weight is 244 g/mol. The van der Waals surface area contributed by atoms with E-state index >= 15 is 0 Å². The van der Waals surface area contributed by atoms with Crippen LogP contribution in [0.2, 0.25) is 0 Å². The number of rotatable bonds is 0. The van der Waals surface area contributed by atoms with Crippen LogP contribution in [0.1, 0.15) is 0 Å². The molecule has 4 heteroatoms. The van der Waals surface area contributed by atoms with E-state index in [2.05, 4.69) is 0 Å². The molecule has 0 N–H and O–H groups in total. The zero-order valence-electron chi connectivity index (χ0n) is 8.43. The van der Waals surface area contributed by atoms with E-state index in [-0.39, 0.29) is 5.57 Å². The normalized spacial score (nSPS) is 18.5. The molecule has 1 aliphatic carbocycles. The average Bonchev–Trinajstić information content (AvgIpc) is 2.54. The zero-order chi connectivity index (χ0) is 11.4. The van der Waals surface area contributed by atoms with E-state index < -0.39 is 0 Å². The second-order valence-corrected chi connectivity index (χ2v) is 5.36. The second-order valence-electron chi connectivity index (χ2n) is 3.12. The highest BCUT2D eigenvalue weighted by Crippen LogP contribution is 2.41. The minimum atomic E-state index is 0.197. The summed E-state index contributed by atoms with van der Waals surface area (Å²) in [5.74, 6) is 2.11. The number of hydrogen-bond donors (Lipinski definition) is 0. The molecule has 0 aromatic rings. The maximum Gasteiger partial charge on any atom is 0.138 e. The van der Waals surface area contributed by atoms with Gasteiger partial charge in [0.15, 0.2) is 0 Å². The van der Waals surface area contributed by atoms with Crippen molar-refractivity contribution in [3.05, 3.63) is 45.3 Å². The topological polar surface area (TPSA) is 47.6 Å². The van der Waals surface area contributed by atoms with Crippen LogP contribution in [0.5, 0.6) is 0 Å². The summed E-state index contributed by atoms with van der Waals surface area (Å²) in [6.07, 6.45) is 7.72. The molecule has 1 aliphatic heterocycles. The fourth-order valence-electron chi connectivity index (χ4n) is 1.48. The number of nitriles is 2. The lowest BCUT2D eigenvalue weighted by Gasteiger charge is -2.17. The van der Waals surface area contributed by atoms with Gasteiger partial charge in [-0.05, 0) is 6.08 Å². The van der Waals surface area contributed by atoms with E-state index in [1.54, 1.807) is 23.5 Å². The first kappa shape index (κ1) is 11.1. The van der Waals surface area contributed by atoms with Crippen LogP contribution < -0.4 is 0 Å². The Labute approximate surface area is 103 Å². The molecule has 0 aromatic heterocycles.